The Morgan fingerprint density at radius 2 is 1.72 bits per heavy atom. The number of rotatable bonds is 5. The van der Waals surface area contributed by atoms with Gasteiger partial charge in [0.15, 0.2) is 0 Å². The predicted octanol–water partition coefficient (Wildman–Crippen LogP) is 7.34. The summed E-state index contributed by atoms with van der Waals surface area (Å²) in [5, 5.41) is -0.356. The van der Waals surface area contributed by atoms with Crippen molar-refractivity contribution in [1.82, 2.24) is 0 Å². The molecule has 0 radical (unpaired) electrons. The second-order valence-electron chi connectivity index (χ2n) is 8.33. The third kappa shape index (κ3) is 5.65. The Morgan fingerprint density at radius 1 is 1.00 bits per heavy atom. The molecule has 2 nitrogen and oxygen atoms in total. The Hall–Kier alpha value is -3.51. The fourth-order valence-electron chi connectivity index (χ4n) is 3.98. The van der Waals surface area contributed by atoms with Crippen LogP contribution in [0.1, 0.15) is 18.4 Å². The van der Waals surface area contributed by atoms with Gasteiger partial charge in [-0.25, -0.2) is 17.6 Å². The molecule has 9 heteroatoms. The van der Waals surface area contributed by atoms with Crippen molar-refractivity contribution < 1.29 is 40.2 Å². The monoisotopic (exact) mass is 508 g/mol. The van der Waals surface area contributed by atoms with Crippen LogP contribution < -0.4 is 4.74 Å². The van der Waals surface area contributed by atoms with Crippen molar-refractivity contribution in [1.29, 1.82) is 0 Å². The van der Waals surface area contributed by atoms with E-state index in [0.29, 0.717) is 13.0 Å². The number of alkyl halides is 3. The summed E-state index contributed by atoms with van der Waals surface area (Å²) in [4.78, 5) is 0. The van der Waals surface area contributed by atoms with Crippen LogP contribution in [0.5, 0.6) is 5.75 Å². The Bertz CT molecular complexity index is 1340. The number of hydrogen-bond donors (Lipinski definition) is 0. The predicted molar refractivity (Wildman–Crippen MR) is 120 cm³/mol. The van der Waals surface area contributed by atoms with Crippen LogP contribution in [0.15, 0.2) is 49.1 Å². The molecule has 1 fully saturated rings. The van der Waals surface area contributed by atoms with E-state index in [2.05, 4.69) is 6.58 Å². The van der Waals surface area contributed by atoms with Gasteiger partial charge >= 0.3 is 6.18 Å². The summed E-state index contributed by atoms with van der Waals surface area (Å²) in [6.07, 6.45) is -1.74. The molecule has 0 aromatic heterocycles. The van der Waals surface area contributed by atoms with E-state index in [-0.39, 0.29) is 40.7 Å². The van der Waals surface area contributed by atoms with E-state index in [9.17, 15) is 30.7 Å². The van der Waals surface area contributed by atoms with Crippen LogP contribution >= 0.6 is 0 Å². The largest absolute Gasteiger partial charge is 0.491 e. The van der Waals surface area contributed by atoms with E-state index in [1.54, 1.807) is 0 Å². The van der Waals surface area contributed by atoms with E-state index in [1.807, 2.05) is 6.08 Å². The summed E-state index contributed by atoms with van der Waals surface area (Å²) in [5.74, 6) is -2.07. The number of benzene rings is 3. The van der Waals surface area contributed by atoms with E-state index >= 15 is 0 Å². The number of halogens is 7. The van der Waals surface area contributed by atoms with Gasteiger partial charge in [-0.3, -0.25) is 0 Å². The van der Waals surface area contributed by atoms with Crippen LogP contribution in [0, 0.1) is 41.0 Å². The summed E-state index contributed by atoms with van der Waals surface area (Å²) >= 11 is 0. The zero-order chi connectivity index (χ0) is 26.0. The molecule has 0 bridgehead atoms. The molecule has 0 saturated carbocycles. The maximum Gasteiger partial charge on any atom is 0.458 e. The Labute approximate surface area is 202 Å². The standard InChI is InChI=1S/C27H19F7O2/c1-2-15-3-5-18(35-13-15)14-36-19-11-23(29)25(24(30)12-19)16-4-6-20-17(9-16)10-22(28)21(26(20)31)7-8-27(32,33)34/h2,4,6,9-12,15,18H,1,3,5,13-14H2. The fraction of sp³-hybridized carbons (Fsp3) is 0.259. The second-order valence-corrected chi connectivity index (χ2v) is 8.33. The van der Waals surface area contributed by atoms with Crippen molar-refractivity contribution in [2.45, 2.75) is 25.1 Å². The third-order valence-electron chi connectivity index (χ3n) is 5.84. The molecular formula is C27H19F7O2. The fourth-order valence-corrected chi connectivity index (χ4v) is 3.98. The minimum Gasteiger partial charge on any atom is -0.491 e. The minimum absolute atomic E-state index is 0.0249. The van der Waals surface area contributed by atoms with Gasteiger partial charge in [0.25, 0.3) is 0 Å². The molecule has 0 N–H and O–H groups in total. The van der Waals surface area contributed by atoms with Gasteiger partial charge in [0.05, 0.1) is 23.8 Å². The first-order valence-electron chi connectivity index (χ1n) is 10.9. The third-order valence-corrected chi connectivity index (χ3v) is 5.84. The first-order valence-corrected chi connectivity index (χ1v) is 10.9. The molecule has 0 amide bonds. The van der Waals surface area contributed by atoms with Crippen molar-refractivity contribution in [2.75, 3.05) is 13.2 Å². The van der Waals surface area contributed by atoms with Crippen LogP contribution in [-0.2, 0) is 4.74 Å². The molecule has 1 saturated heterocycles. The van der Waals surface area contributed by atoms with E-state index < -0.39 is 40.6 Å². The highest BCUT2D eigenvalue weighted by molar-refractivity contribution is 5.89. The van der Waals surface area contributed by atoms with Crippen molar-refractivity contribution in [3.8, 4) is 28.7 Å². The van der Waals surface area contributed by atoms with Crippen LogP contribution in [0.4, 0.5) is 30.7 Å². The molecule has 3 aromatic rings. The van der Waals surface area contributed by atoms with Gasteiger partial charge in [-0.1, -0.05) is 24.1 Å². The first kappa shape index (κ1) is 25.6. The van der Waals surface area contributed by atoms with Gasteiger partial charge in [0, 0.05) is 29.4 Å². The lowest BCUT2D eigenvalue weighted by atomic mass is 9.98. The highest BCUT2D eigenvalue weighted by Crippen LogP contribution is 2.34. The normalized spacial score (nSPS) is 18.0. The van der Waals surface area contributed by atoms with Gasteiger partial charge in [0.2, 0.25) is 0 Å². The maximum absolute atomic E-state index is 14.9. The average Bonchev–Trinajstić information content (AvgIpc) is 2.81. The Kier molecular flexibility index (Phi) is 7.27. The van der Waals surface area contributed by atoms with Gasteiger partial charge in [-0.05, 0) is 35.9 Å². The van der Waals surface area contributed by atoms with E-state index in [1.165, 1.54) is 12.0 Å². The zero-order valence-electron chi connectivity index (χ0n) is 18.7. The summed E-state index contributed by atoms with van der Waals surface area (Å²) in [5.41, 5.74) is -1.52. The molecular weight excluding hydrogens is 489 g/mol. The molecule has 188 valence electrons. The summed E-state index contributed by atoms with van der Waals surface area (Å²) in [7, 11) is 0. The van der Waals surface area contributed by atoms with E-state index in [4.69, 9.17) is 9.47 Å². The van der Waals surface area contributed by atoms with Gasteiger partial charge in [-0.2, -0.15) is 13.2 Å². The molecule has 2 unspecified atom stereocenters. The number of hydrogen-bond acceptors (Lipinski definition) is 2. The molecule has 2 atom stereocenters. The van der Waals surface area contributed by atoms with Gasteiger partial charge in [0.1, 0.15) is 35.6 Å². The highest BCUT2D eigenvalue weighted by atomic mass is 19.4. The molecule has 1 heterocycles. The SMILES string of the molecule is C=CC1CCC(COc2cc(F)c(-c3ccc4c(F)c(C#CC(F)(F)F)c(F)cc4c3)c(F)c2)OC1. The first-order chi connectivity index (χ1) is 17.1. The molecule has 1 aliphatic heterocycles. The van der Waals surface area contributed by atoms with Crippen molar-refractivity contribution in [2.24, 2.45) is 5.92 Å². The van der Waals surface area contributed by atoms with Crippen molar-refractivity contribution >= 4 is 10.8 Å². The summed E-state index contributed by atoms with van der Waals surface area (Å²) in [6, 6.07) is 6.16. The zero-order valence-corrected chi connectivity index (χ0v) is 18.7. The molecule has 0 aliphatic carbocycles. The lowest BCUT2D eigenvalue weighted by Gasteiger charge is -2.27. The molecule has 1 aliphatic rings. The molecule has 4 rings (SSSR count). The van der Waals surface area contributed by atoms with Crippen LogP contribution in [0.25, 0.3) is 21.9 Å². The molecule has 36 heavy (non-hydrogen) atoms. The van der Waals surface area contributed by atoms with Crippen LogP contribution in [0.2, 0.25) is 0 Å². The molecule has 0 spiro atoms. The van der Waals surface area contributed by atoms with Gasteiger partial charge in [-0.15, -0.1) is 6.58 Å². The maximum atomic E-state index is 14.9. The second kappa shape index (κ2) is 10.2. The Balaban J connectivity index is 1.59. The van der Waals surface area contributed by atoms with Crippen LogP contribution in [-0.4, -0.2) is 25.5 Å². The summed E-state index contributed by atoms with van der Waals surface area (Å²) in [6.45, 7) is 4.33. The number of fused-ring (bicyclic) bond motifs is 1. The molecule has 3 aromatic carbocycles. The Morgan fingerprint density at radius 3 is 2.33 bits per heavy atom. The topological polar surface area (TPSA) is 18.5 Å². The highest BCUT2D eigenvalue weighted by Gasteiger charge is 2.24. The van der Waals surface area contributed by atoms with Gasteiger partial charge < -0.3 is 9.47 Å². The smallest absolute Gasteiger partial charge is 0.458 e. The average molecular weight is 508 g/mol. The lowest BCUT2D eigenvalue weighted by molar-refractivity contribution is -0.0696. The van der Waals surface area contributed by atoms with E-state index in [0.717, 1.165) is 42.7 Å². The number of ether oxygens (including phenoxy) is 2. The quantitative estimate of drug-likeness (QED) is 0.204. The van der Waals surface area contributed by atoms with Crippen LogP contribution in [0.3, 0.4) is 0 Å². The lowest BCUT2D eigenvalue weighted by Crippen LogP contribution is -2.29. The van der Waals surface area contributed by atoms with Crippen molar-refractivity contribution in [3.05, 3.63) is 77.9 Å². The summed E-state index contributed by atoms with van der Waals surface area (Å²) < 4.78 is 107. The van der Waals surface area contributed by atoms with Crippen molar-refractivity contribution in [3.63, 3.8) is 0 Å². The minimum atomic E-state index is -4.93.